The number of nitrogens with zero attached hydrogens (tertiary/aromatic N) is 4. The first-order valence-corrected chi connectivity index (χ1v) is 6.54. The van der Waals surface area contributed by atoms with Crippen molar-refractivity contribution in [3.63, 3.8) is 0 Å². The third-order valence-electron chi connectivity index (χ3n) is 3.48. The Morgan fingerprint density at radius 2 is 1.41 bits per heavy atom. The van der Waals surface area contributed by atoms with E-state index < -0.39 is 0 Å². The minimum absolute atomic E-state index is 0.0452. The first-order chi connectivity index (χ1) is 8.26. The van der Waals surface area contributed by atoms with Crippen LogP contribution >= 0.6 is 0 Å². The molecule has 0 bridgehead atoms. The Morgan fingerprint density at radius 3 is 1.76 bits per heavy atom. The van der Waals surface area contributed by atoms with E-state index in [1.165, 1.54) is 0 Å². The van der Waals surface area contributed by atoms with Gasteiger partial charge >= 0.3 is 0 Å². The molecule has 94 valence electrons. The minimum Gasteiger partial charge on any atom is -0.286 e. The fourth-order valence-electron chi connectivity index (χ4n) is 2.39. The Bertz CT molecular complexity index is 294. The summed E-state index contributed by atoms with van der Waals surface area (Å²) in [6, 6.07) is 4.84. The SMILES string of the molecule is CCCC(C#N)N1CCN(C(C#N)CC)CC1. The van der Waals surface area contributed by atoms with Gasteiger partial charge in [0, 0.05) is 26.2 Å². The van der Waals surface area contributed by atoms with Gasteiger partial charge in [-0.15, -0.1) is 0 Å². The Labute approximate surface area is 104 Å². The van der Waals surface area contributed by atoms with Crippen molar-refractivity contribution >= 4 is 0 Å². The zero-order valence-electron chi connectivity index (χ0n) is 10.9. The second kappa shape index (κ2) is 7.27. The van der Waals surface area contributed by atoms with Gasteiger partial charge in [0.25, 0.3) is 0 Å². The zero-order valence-corrected chi connectivity index (χ0v) is 10.9. The van der Waals surface area contributed by atoms with E-state index in [-0.39, 0.29) is 12.1 Å². The molecule has 1 saturated heterocycles. The van der Waals surface area contributed by atoms with E-state index in [0.717, 1.165) is 45.4 Å². The molecule has 1 fully saturated rings. The van der Waals surface area contributed by atoms with E-state index in [4.69, 9.17) is 10.5 Å². The summed E-state index contributed by atoms with van der Waals surface area (Å²) in [5.74, 6) is 0. The summed E-state index contributed by atoms with van der Waals surface area (Å²) < 4.78 is 0. The predicted octanol–water partition coefficient (Wildman–Crippen LogP) is 1.60. The third-order valence-corrected chi connectivity index (χ3v) is 3.48. The van der Waals surface area contributed by atoms with E-state index >= 15 is 0 Å². The highest BCUT2D eigenvalue weighted by Crippen LogP contribution is 2.13. The largest absolute Gasteiger partial charge is 0.286 e. The molecule has 0 aliphatic carbocycles. The van der Waals surface area contributed by atoms with Crippen molar-refractivity contribution in [2.24, 2.45) is 0 Å². The van der Waals surface area contributed by atoms with Crippen LogP contribution in [0.1, 0.15) is 33.1 Å². The number of hydrogen-bond donors (Lipinski definition) is 0. The summed E-state index contributed by atoms with van der Waals surface area (Å²) in [5.41, 5.74) is 0. The standard InChI is InChI=1S/C13H22N4/c1-3-5-13(11-15)17-8-6-16(7-9-17)12(4-2)10-14/h12-13H,3-9H2,1-2H3. The lowest BCUT2D eigenvalue weighted by Crippen LogP contribution is -2.52. The van der Waals surface area contributed by atoms with Gasteiger partial charge in [-0.1, -0.05) is 20.3 Å². The van der Waals surface area contributed by atoms with Crippen LogP contribution in [0, 0.1) is 22.7 Å². The summed E-state index contributed by atoms with van der Waals surface area (Å²) in [4.78, 5) is 4.49. The smallest absolute Gasteiger partial charge is 0.0978 e. The molecule has 0 aromatic carbocycles. The van der Waals surface area contributed by atoms with Crippen molar-refractivity contribution < 1.29 is 0 Å². The fourth-order valence-corrected chi connectivity index (χ4v) is 2.39. The average molecular weight is 234 g/mol. The molecule has 1 aliphatic rings. The van der Waals surface area contributed by atoms with Gasteiger partial charge in [-0.05, 0) is 12.8 Å². The minimum atomic E-state index is 0.0452. The summed E-state index contributed by atoms with van der Waals surface area (Å²) in [6.07, 6.45) is 2.88. The Hall–Kier alpha value is -1.10. The fraction of sp³-hybridized carbons (Fsp3) is 0.846. The topological polar surface area (TPSA) is 54.1 Å². The van der Waals surface area contributed by atoms with Gasteiger partial charge < -0.3 is 0 Å². The Kier molecular flexibility index (Phi) is 5.97. The van der Waals surface area contributed by atoms with E-state index in [9.17, 15) is 0 Å². The van der Waals surface area contributed by atoms with Crippen LogP contribution in [-0.2, 0) is 0 Å². The molecule has 17 heavy (non-hydrogen) atoms. The predicted molar refractivity (Wildman–Crippen MR) is 67.1 cm³/mol. The molecule has 2 unspecified atom stereocenters. The molecule has 4 heteroatoms. The maximum absolute atomic E-state index is 9.12. The average Bonchev–Trinajstić information content (AvgIpc) is 2.38. The van der Waals surface area contributed by atoms with Gasteiger partial charge in [0.05, 0.1) is 24.2 Å². The summed E-state index contributed by atoms with van der Waals surface area (Å²) >= 11 is 0. The summed E-state index contributed by atoms with van der Waals surface area (Å²) in [5, 5.41) is 18.1. The van der Waals surface area contributed by atoms with E-state index in [1.807, 2.05) is 0 Å². The molecule has 0 amide bonds. The van der Waals surface area contributed by atoms with Crippen LogP contribution in [0.25, 0.3) is 0 Å². The molecule has 0 aromatic rings. The highest BCUT2D eigenvalue weighted by Gasteiger charge is 2.26. The second-order valence-corrected chi connectivity index (χ2v) is 4.56. The molecular weight excluding hydrogens is 212 g/mol. The second-order valence-electron chi connectivity index (χ2n) is 4.56. The first kappa shape index (κ1) is 14.0. The monoisotopic (exact) mass is 234 g/mol. The van der Waals surface area contributed by atoms with Gasteiger partial charge in [-0.3, -0.25) is 9.80 Å². The maximum Gasteiger partial charge on any atom is 0.0978 e. The number of nitriles is 2. The summed E-state index contributed by atoms with van der Waals surface area (Å²) in [7, 11) is 0. The maximum atomic E-state index is 9.12. The highest BCUT2D eigenvalue weighted by molar-refractivity contribution is 4.97. The first-order valence-electron chi connectivity index (χ1n) is 6.54. The van der Waals surface area contributed by atoms with Crippen molar-refractivity contribution in [2.75, 3.05) is 26.2 Å². The van der Waals surface area contributed by atoms with Crippen LogP contribution in [0.3, 0.4) is 0 Å². The van der Waals surface area contributed by atoms with Gasteiger partial charge in [0.1, 0.15) is 0 Å². The van der Waals surface area contributed by atoms with Gasteiger partial charge in [-0.25, -0.2) is 0 Å². The van der Waals surface area contributed by atoms with E-state index in [2.05, 4.69) is 35.8 Å². The zero-order chi connectivity index (χ0) is 12.7. The lowest BCUT2D eigenvalue weighted by molar-refractivity contribution is 0.0941. The van der Waals surface area contributed by atoms with Crippen LogP contribution in [0.2, 0.25) is 0 Å². The van der Waals surface area contributed by atoms with Crippen molar-refractivity contribution in [1.82, 2.24) is 9.80 Å². The molecule has 1 aliphatic heterocycles. The number of rotatable bonds is 5. The van der Waals surface area contributed by atoms with Crippen molar-refractivity contribution in [1.29, 1.82) is 10.5 Å². The normalized spacial score (nSPS) is 21.4. The van der Waals surface area contributed by atoms with Crippen LogP contribution in [0.15, 0.2) is 0 Å². The Balaban J connectivity index is 2.45. The van der Waals surface area contributed by atoms with E-state index in [0.29, 0.717) is 0 Å². The van der Waals surface area contributed by atoms with Crippen LogP contribution in [0.5, 0.6) is 0 Å². The molecule has 0 saturated carbocycles. The van der Waals surface area contributed by atoms with Crippen LogP contribution < -0.4 is 0 Å². The highest BCUT2D eigenvalue weighted by atomic mass is 15.3. The van der Waals surface area contributed by atoms with E-state index in [1.54, 1.807) is 0 Å². The lowest BCUT2D eigenvalue weighted by Gasteiger charge is -2.38. The van der Waals surface area contributed by atoms with Gasteiger partial charge in [-0.2, -0.15) is 10.5 Å². The number of hydrogen-bond acceptors (Lipinski definition) is 4. The molecule has 0 radical (unpaired) electrons. The third kappa shape index (κ3) is 3.70. The van der Waals surface area contributed by atoms with Gasteiger partial charge in [0.15, 0.2) is 0 Å². The molecule has 4 nitrogen and oxygen atoms in total. The quantitative estimate of drug-likeness (QED) is 0.725. The summed E-state index contributed by atoms with van der Waals surface area (Å²) in [6.45, 7) is 7.81. The number of piperazine rings is 1. The van der Waals surface area contributed by atoms with Crippen molar-refractivity contribution in [3.05, 3.63) is 0 Å². The molecule has 2 atom stereocenters. The van der Waals surface area contributed by atoms with Crippen LogP contribution in [-0.4, -0.2) is 48.1 Å². The van der Waals surface area contributed by atoms with Crippen molar-refractivity contribution in [2.45, 2.75) is 45.2 Å². The Morgan fingerprint density at radius 1 is 0.941 bits per heavy atom. The molecular formula is C13H22N4. The molecule has 0 N–H and O–H groups in total. The molecule has 1 heterocycles. The van der Waals surface area contributed by atoms with Crippen molar-refractivity contribution in [3.8, 4) is 12.1 Å². The molecule has 0 spiro atoms. The van der Waals surface area contributed by atoms with Crippen LogP contribution in [0.4, 0.5) is 0 Å². The van der Waals surface area contributed by atoms with Gasteiger partial charge in [0.2, 0.25) is 0 Å². The molecule has 0 aromatic heterocycles. The lowest BCUT2D eigenvalue weighted by atomic mass is 10.1. The molecule has 1 rings (SSSR count).